The summed E-state index contributed by atoms with van der Waals surface area (Å²) in [6, 6.07) is 5.05. The van der Waals surface area contributed by atoms with E-state index in [1.54, 1.807) is 18.2 Å². The highest BCUT2D eigenvalue weighted by Gasteiger charge is 2.07. The Morgan fingerprint density at radius 1 is 1.25 bits per heavy atom. The summed E-state index contributed by atoms with van der Waals surface area (Å²) in [6.07, 6.45) is 0. The van der Waals surface area contributed by atoms with E-state index in [0.717, 1.165) is 5.56 Å². The Bertz CT molecular complexity index is 275. The van der Waals surface area contributed by atoms with Crippen LogP contribution >= 0.6 is 34.8 Å². The van der Waals surface area contributed by atoms with Crippen molar-refractivity contribution in [2.75, 3.05) is 6.61 Å². The first kappa shape index (κ1) is 10.1. The molecule has 12 heavy (non-hydrogen) atoms. The third kappa shape index (κ3) is 2.27. The van der Waals surface area contributed by atoms with Crippen LogP contribution in [0.1, 0.15) is 10.9 Å². The molecule has 1 aromatic rings. The smallest absolute Gasteiger partial charge is 0.0816 e. The van der Waals surface area contributed by atoms with Crippen molar-refractivity contribution in [3.8, 4) is 0 Å². The number of benzene rings is 1. The Labute approximate surface area is 85.9 Å². The van der Waals surface area contributed by atoms with E-state index in [9.17, 15) is 0 Å². The van der Waals surface area contributed by atoms with Gasteiger partial charge in [0.2, 0.25) is 0 Å². The van der Waals surface area contributed by atoms with Crippen molar-refractivity contribution in [1.29, 1.82) is 0 Å². The molecular weight excluding hydrogens is 218 g/mol. The lowest BCUT2D eigenvalue weighted by molar-refractivity contribution is 0.294. The number of halogens is 3. The lowest BCUT2D eigenvalue weighted by atomic mass is 10.1. The number of rotatable bonds is 2. The average Bonchev–Trinajstić information content (AvgIpc) is 2.08. The third-order valence-corrected chi connectivity index (χ3v) is 2.59. The van der Waals surface area contributed by atoms with E-state index < -0.39 is 5.38 Å². The fourth-order valence-corrected chi connectivity index (χ4v) is 1.25. The summed E-state index contributed by atoms with van der Waals surface area (Å²) in [5.41, 5.74) is 0.772. The molecule has 0 saturated carbocycles. The normalized spacial score (nSPS) is 13.0. The molecule has 0 unspecified atom stereocenters. The van der Waals surface area contributed by atoms with Crippen LogP contribution in [0.3, 0.4) is 0 Å². The van der Waals surface area contributed by atoms with Gasteiger partial charge in [0, 0.05) is 0 Å². The molecule has 0 aliphatic rings. The summed E-state index contributed by atoms with van der Waals surface area (Å²) in [5.74, 6) is 0. The molecular formula is C8H7Cl3O. The molecule has 4 heteroatoms. The molecule has 0 amide bonds. The minimum Gasteiger partial charge on any atom is -0.394 e. The first-order chi connectivity index (χ1) is 5.65. The van der Waals surface area contributed by atoms with Crippen LogP contribution < -0.4 is 0 Å². The zero-order valence-corrected chi connectivity index (χ0v) is 8.37. The van der Waals surface area contributed by atoms with Gasteiger partial charge >= 0.3 is 0 Å². The van der Waals surface area contributed by atoms with Gasteiger partial charge in [0.15, 0.2) is 0 Å². The average molecular weight is 226 g/mol. The maximum absolute atomic E-state index is 8.74. The van der Waals surface area contributed by atoms with Crippen molar-refractivity contribution < 1.29 is 5.11 Å². The van der Waals surface area contributed by atoms with Crippen molar-refractivity contribution in [2.45, 2.75) is 5.38 Å². The number of alkyl halides is 1. The standard InChI is InChI=1S/C8H7Cl3O/c9-6-2-1-5(3-7(6)10)8(11)4-12/h1-3,8,12H,4H2/t8-/m1/s1. The summed E-state index contributed by atoms with van der Waals surface area (Å²) in [6.45, 7) is -0.112. The summed E-state index contributed by atoms with van der Waals surface area (Å²) in [7, 11) is 0. The van der Waals surface area contributed by atoms with Crippen LogP contribution in [0.15, 0.2) is 18.2 Å². The Kier molecular flexibility index (Phi) is 3.66. The van der Waals surface area contributed by atoms with E-state index in [-0.39, 0.29) is 6.61 Å². The molecule has 0 fully saturated rings. The molecule has 1 N–H and O–H groups in total. The number of aliphatic hydroxyl groups is 1. The Morgan fingerprint density at radius 3 is 2.42 bits per heavy atom. The summed E-state index contributed by atoms with van der Waals surface area (Å²) in [4.78, 5) is 0. The molecule has 0 spiro atoms. The van der Waals surface area contributed by atoms with E-state index in [2.05, 4.69) is 0 Å². The topological polar surface area (TPSA) is 20.2 Å². The van der Waals surface area contributed by atoms with Crippen molar-refractivity contribution >= 4 is 34.8 Å². The zero-order valence-electron chi connectivity index (χ0n) is 6.10. The summed E-state index contributed by atoms with van der Waals surface area (Å²) < 4.78 is 0. The maximum Gasteiger partial charge on any atom is 0.0816 e. The van der Waals surface area contributed by atoms with Crippen molar-refractivity contribution in [1.82, 2.24) is 0 Å². The van der Waals surface area contributed by atoms with Gasteiger partial charge in [0.05, 0.1) is 22.0 Å². The van der Waals surface area contributed by atoms with Gasteiger partial charge in [-0.25, -0.2) is 0 Å². The van der Waals surface area contributed by atoms with Gasteiger partial charge in [-0.05, 0) is 17.7 Å². The monoisotopic (exact) mass is 224 g/mol. The highest BCUT2D eigenvalue weighted by atomic mass is 35.5. The van der Waals surface area contributed by atoms with Crippen molar-refractivity contribution in [3.63, 3.8) is 0 Å². The van der Waals surface area contributed by atoms with Crippen molar-refractivity contribution in [2.24, 2.45) is 0 Å². The highest BCUT2D eigenvalue weighted by Crippen LogP contribution is 2.27. The molecule has 1 nitrogen and oxygen atoms in total. The first-order valence-electron chi connectivity index (χ1n) is 3.35. The second kappa shape index (κ2) is 4.33. The van der Waals surface area contributed by atoms with E-state index >= 15 is 0 Å². The van der Waals surface area contributed by atoms with Gasteiger partial charge in [-0.3, -0.25) is 0 Å². The Hall–Kier alpha value is 0.0500. The van der Waals surface area contributed by atoms with Gasteiger partial charge in [-0.2, -0.15) is 0 Å². The van der Waals surface area contributed by atoms with Crippen LogP contribution in [0, 0.1) is 0 Å². The predicted octanol–water partition coefficient (Wildman–Crippen LogP) is 3.27. The van der Waals surface area contributed by atoms with Gasteiger partial charge in [-0.15, -0.1) is 11.6 Å². The molecule has 0 radical (unpaired) electrons. The van der Waals surface area contributed by atoms with Gasteiger partial charge in [0.25, 0.3) is 0 Å². The first-order valence-corrected chi connectivity index (χ1v) is 4.54. The minimum absolute atomic E-state index is 0.112. The van der Waals surface area contributed by atoms with Crippen LogP contribution in [0.2, 0.25) is 10.0 Å². The molecule has 0 aliphatic heterocycles. The largest absolute Gasteiger partial charge is 0.394 e. The molecule has 0 saturated heterocycles. The van der Waals surface area contributed by atoms with Crippen LogP contribution in [0.4, 0.5) is 0 Å². The molecule has 0 heterocycles. The van der Waals surface area contributed by atoms with Crippen LogP contribution in [-0.4, -0.2) is 11.7 Å². The third-order valence-electron chi connectivity index (χ3n) is 1.47. The SMILES string of the molecule is OC[C@@H](Cl)c1ccc(Cl)c(Cl)c1. The van der Waals surface area contributed by atoms with Gasteiger partial charge < -0.3 is 5.11 Å². The number of hydrogen-bond donors (Lipinski definition) is 1. The fraction of sp³-hybridized carbons (Fsp3) is 0.250. The zero-order chi connectivity index (χ0) is 9.14. The Balaban J connectivity index is 2.96. The Morgan fingerprint density at radius 2 is 1.92 bits per heavy atom. The van der Waals surface area contributed by atoms with Crippen molar-refractivity contribution in [3.05, 3.63) is 33.8 Å². The second-order valence-electron chi connectivity index (χ2n) is 2.32. The lowest BCUT2D eigenvalue weighted by Gasteiger charge is -2.06. The molecule has 0 aromatic heterocycles. The molecule has 66 valence electrons. The highest BCUT2D eigenvalue weighted by molar-refractivity contribution is 6.42. The van der Waals surface area contributed by atoms with Crippen LogP contribution in [0.5, 0.6) is 0 Å². The molecule has 1 atom stereocenters. The quantitative estimate of drug-likeness (QED) is 0.766. The van der Waals surface area contributed by atoms with E-state index in [0.29, 0.717) is 10.0 Å². The minimum atomic E-state index is -0.417. The van der Waals surface area contributed by atoms with Crippen LogP contribution in [0.25, 0.3) is 0 Å². The van der Waals surface area contributed by atoms with E-state index in [1.807, 2.05) is 0 Å². The number of aliphatic hydroxyl groups excluding tert-OH is 1. The van der Waals surface area contributed by atoms with Crippen LogP contribution in [-0.2, 0) is 0 Å². The summed E-state index contributed by atoms with van der Waals surface area (Å²) >= 11 is 17.2. The summed E-state index contributed by atoms with van der Waals surface area (Å²) in [5, 5.41) is 9.26. The molecule has 0 aliphatic carbocycles. The second-order valence-corrected chi connectivity index (χ2v) is 3.66. The predicted molar refractivity (Wildman–Crippen MR) is 52.1 cm³/mol. The maximum atomic E-state index is 8.74. The molecule has 0 bridgehead atoms. The molecule has 1 rings (SSSR count). The van der Waals surface area contributed by atoms with E-state index in [1.165, 1.54) is 0 Å². The lowest BCUT2D eigenvalue weighted by Crippen LogP contribution is -1.95. The van der Waals surface area contributed by atoms with Gasteiger partial charge in [-0.1, -0.05) is 29.3 Å². The molecule has 1 aromatic carbocycles. The number of hydrogen-bond acceptors (Lipinski definition) is 1. The van der Waals surface area contributed by atoms with E-state index in [4.69, 9.17) is 39.9 Å². The van der Waals surface area contributed by atoms with Gasteiger partial charge in [0.1, 0.15) is 0 Å². The fourth-order valence-electron chi connectivity index (χ4n) is 0.813.